The van der Waals surface area contributed by atoms with Crippen LogP contribution >= 0.6 is 0 Å². The molecular formula is C89H89N6O12S2+. The van der Waals surface area contributed by atoms with Gasteiger partial charge in [0, 0.05) is 121 Å². The second-order valence-corrected chi connectivity index (χ2v) is 31.7. The van der Waals surface area contributed by atoms with Crippen molar-refractivity contribution in [2.75, 3.05) is 73.0 Å². The van der Waals surface area contributed by atoms with E-state index in [1.54, 1.807) is 84.9 Å². The largest absolute Gasteiger partial charge is 0.481 e. The Bertz CT molecular complexity index is 5500. The Morgan fingerprint density at radius 3 is 1.31 bits per heavy atom. The predicted octanol–water partition coefficient (Wildman–Crippen LogP) is 18.4. The maximum Gasteiger partial charge on any atom is 0.363 e. The highest BCUT2D eigenvalue weighted by atomic mass is 32.2. The summed E-state index contributed by atoms with van der Waals surface area (Å²) in [7, 11) is -5.16. The number of unbranched alkanes of at least 4 members (excludes halogenated alkanes) is 8. The van der Waals surface area contributed by atoms with Gasteiger partial charge >= 0.3 is 11.2 Å². The Morgan fingerprint density at radius 1 is 0.413 bits per heavy atom. The fraction of sp³-hybridized carbons (Fsp3) is 0.270. The molecule has 2 N–H and O–H groups in total. The molecule has 558 valence electrons. The van der Waals surface area contributed by atoms with Gasteiger partial charge in [-0.2, -0.15) is 16.8 Å². The van der Waals surface area contributed by atoms with Crippen LogP contribution in [0.5, 0.6) is 5.75 Å². The topological polar surface area (TPSA) is 217 Å². The van der Waals surface area contributed by atoms with Gasteiger partial charge in [-0.15, -0.1) is 0 Å². The Morgan fingerprint density at radius 2 is 0.817 bits per heavy atom. The Kier molecular flexibility index (Phi) is 21.7. The average molecular weight is 1500 g/mol. The third-order valence-corrected chi connectivity index (χ3v) is 23.4. The van der Waals surface area contributed by atoms with E-state index in [1.807, 2.05) is 85.0 Å². The fourth-order valence-electron chi connectivity index (χ4n) is 16.1. The standard InChI is InChI=1S/C89H88N6O12S2/c1-58-28-24-29-59(2)84(58)92(50-26-52-94-86(96)66-32-14-15-33-67(66)87(94)97)64-42-46-72-78(56-64)106-76-54-62(40-44-70(76)82(72)74-36-18-20-38-80(74)108(100,101)102)90(5)48-22-12-10-8-7-9-11-13-23-49-91(6)63-41-45-71-77(55-63)107-79-57-65(43-47-73(79)83(71)75-37-19-21-39-81(75)109(103,104)105)93(85-60(3)30-25-31-61(85)4)51-27-53-95-88(98)68-34-16-17-35-69(68)89(95)99/h14-21,24-25,28-47,54-57,78H,7-13,22-23,26-27,48-53H2,1-6H3,(H-,100,101,102,103,104,105)/p+1. The van der Waals surface area contributed by atoms with Gasteiger partial charge in [0.2, 0.25) is 0 Å². The number of anilines is 5. The second-order valence-electron chi connectivity index (χ2n) is 28.9. The van der Waals surface area contributed by atoms with Gasteiger partial charge in [-0.25, -0.2) is 4.42 Å². The van der Waals surface area contributed by atoms with Crippen LogP contribution in [0.4, 0.5) is 28.4 Å². The highest BCUT2D eigenvalue weighted by Gasteiger charge is 2.38. The molecule has 0 saturated carbocycles. The number of fused-ring (bicyclic) bond motifs is 6. The molecule has 0 radical (unpaired) electrons. The molecule has 0 fully saturated rings. The molecule has 4 amide bonds. The molecule has 0 saturated heterocycles. The minimum Gasteiger partial charge on any atom is -0.481 e. The van der Waals surface area contributed by atoms with Gasteiger partial charge in [0.05, 0.1) is 50.8 Å². The summed E-state index contributed by atoms with van der Waals surface area (Å²) in [6.45, 7) is 11.2. The van der Waals surface area contributed by atoms with Gasteiger partial charge in [-0.3, -0.25) is 38.1 Å². The lowest BCUT2D eigenvalue weighted by atomic mass is 9.85. The number of benzene rings is 9. The van der Waals surface area contributed by atoms with Crippen LogP contribution in [0.15, 0.2) is 232 Å². The third-order valence-electron chi connectivity index (χ3n) is 21.6. The molecule has 4 heterocycles. The predicted molar refractivity (Wildman–Crippen MR) is 431 cm³/mol. The normalized spacial score (nSPS) is 14.6. The molecule has 18 nitrogen and oxygen atoms in total. The number of ether oxygens (including phenoxy) is 1. The SMILES string of the molecule is Cc1cccc(C)c1N(CCCN1C(=O)c2ccccc2C1=O)C1=CC2Oc3cc(N(C)CCCCCCCCCCCN(C)c4ccc5c(-c6ccccc6S(=O)(=O)O)c6ccc(N(CCCN7C(=O)c8ccccc8C7=O)c7c(C)cccc7C)cc6[o+]c5c4)ccc3C(c3ccccc3S(=O)(=O)O)=C2C=C1. The summed E-state index contributed by atoms with van der Waals surface area (Å²) in [5.74, 6) is -0.630. The summed E-state index contributed by atoms with van der Waals surface area (Å²) in [5, 5.41) is 1.32. The Hall–Kier alpha value is -11.0. The molecular weight excluding hydrogens is 1410 g/mol. The summed E-state index contributed by atoms with van der Waals surface area (Å²) in [4.78, 5) is 64.7. The van der Waals surface area contributed by atoms with E-state index in [0.29, 0.717) is 104 Å². The number of hydrogen-bond donors (Lipinski definition) is 2. The van der Waals surface area contributed by atoms with Gasteiger partial charge in [-0.05, 0) is 161 Å². The zero-order valence-corrected chi connectivity index (χ0v) is 63.8. The van der Waals surface area contributed by atoms with Crippen molar-refractivity contribution in [1.82, 2.24) is 9.80 Å². The molecule has 4 aliphatic rings. The van der Waals surface area contributed by atoms with Crippen LogP contribution in [0.3, 0.4) is 0 Å². The first kappa shape index (κ1) is 74.8. The van der Waals surface area contributed by atoms with Crippen LogP contribution in [0.1, 0.15) is 145 Å². The highest BCUT2D eigenvalue weighted by molar-refractivity contribution is 7.86. The van der Waals surface area contributed by atoms with Crippen molar-refractivity contribution >= 4 is 99.8 Å². The lowest BCUT2D eigenvalue weighted by Gasteiger charge is -2.36. The molecule has 0 spiro atoms. The van der Waals surface area contributed by atoms with Crippen molar-refractivity contribution in [3.8, 4) is 16.9 Å². The molecule has 1 aliphatic carbocycles. The highest BCUT2D eigenvalue weighted by Crippen LogP contribution is 2.48. The number of carbonyl (C=O) groups excluding carboxylic acids is 4. The van der Waals surface area contributed by atoms with Crippen molar-refractivity contribution in [1.29, 1.82) is 0 Å². The molecule has 10 aromatic rings. The summed E-state index contributed by atoms with van der Waals surface area (Å²) >= 11 is 0. The number of rotatable bonds is 30. The fourth-order valence-corrected chi connectivity index (χ4v) is 17.5. The molecule has 1 unspecified atom stereocenters. The monoisotopic (exact) mass is 1500 g/mol. The van der Waals surface area contributed by atoms with Crippen LogP contribution < -0.4 is 24.3 Å². The quantitative estimate of drug-likeness (QED) is 0.0141. The average Bonchev–Trinajstić information content (AvgIpc) is 1.58. The third kappa shape index (κ3) is 15.3. The number of imide groups is 2. The van der Waals surface area contributed by atoms with Crippen LogP contribution in [-0.4, -0.2) is 119 Å². The minimum absolute atomic E-state index is 0.205. The molecule has 1 atom stereocenters. The van der Waals surface area contributed by atoms with Crippen LogP contribution in [-0.2, 0) is 20.2 Å². The van der Waals surface area contributed by atoms with Crippen molar-refractivity contribution in [3.05, 3.63) is 273 Å². The van der Waals surface area contributed by atoms with Gasteiger partial charge < -0.3 is 24.3 Å². The van der Waals surface area contributed by atoms with Crippen LogP contribution in [0, 0.1) is 27.7 Å². The molecule has 1 aromatic heterocycles. The number of nitrogens with zero attached hydrogens (tertiary/aromatic N) is 6. The first-order valence-corrected chi connectivity index (χ1v) is 40.3. The number of amides is 4. The minimum atomic E-state index is -4.65. The lowest BCUT2D eigenvalue weighted by molar-refractivity contribution is 0.0638. The van der Waals surface area contributed by atoms with Crippen molar-refractivity contribution in [2.24, 2.45) is 0 Å². The van der Waals surface area contributed by atoms with E-state index < -0.39 is 26.3 Å². The van der Waals surface area contributed by atoms with Gasteiger partial charge in [0.25, 0.3) is 43.9 Å². The molecule has 3 aliphatic heterocycles. The summed E-state index contributed by atoms with van der Waals surface area (Å²) in [6, 6.07) is 56.9. The van der Waals surface area contributed by atoms with E-state index in [0.717, 1.165) is 133 Å². The number of hydrogen-bond acceptors (Lipinski definition) is 13. The smallest absolute Gasteiger partial charge is 0.363 e. The van der Waals surface area contributed by atoms with Gasteiger partial charge in [-0.1, -0.05) is 148 Å². The lowest BCUT2D eigenvalue weighted by Crippen LogP contribution is -2.35. The van der Waals surface area contributed by atoms with Crippen molar-refractivity contribution < 1.29 is 54.3 Å². The van der Waals surface area contributed by atoms with Gasteiger partial charge in [0.15, 0.2) is 0 Å². The summed E-state index contributed by atoms with van der Waals surface area (Å²) in [5.41, 5.74) is 15.6. The van der Waals surface area contributed by atoms with Crippen molar-refractivity contribution in [3.63, 3.8) is 0 Å². The van der Waals surface area contributed by atoms with Gasteiger partial charge in [0.1, 0.15) is 21.6 Å². The maximum absolute atomic E-state index is 13.4. The first-order valence-electron chi connectivity index (χ1n) is 37.5. The van der Waals surface area contributed by atoms with E-state index in [4.69, 9.17) is 9.15 Å². The number of aryl methyl sites for hydroxylation is 4. The molecule has 9 aromatic carbocycles. The zero-order chi connectivity index (χ0) is 76.4. The molecule has 20 heteroatoms. The van der Waals surface area contributed by atoms with E-state index in [9.17, 15) is 45.1 Å². The van der Waals surface area contributed by atoms with E-state index in [2.05, 4.69) is 85.7 Å². The first-order chi connectivity index (χ1) is 52.5. The van der Waals surface area contributed by atoms with E-state index in [1.165, 1.54) is 21.9 Å². The summed E-state index contributed by atoms with van der Waals surface area (Å²) < 4.78 is 87.4. The Balaban J connectivity index is 0.605. The summed E-state index contributed by atoms with van der Waals surface area (Å²) in [6.07, 6.45) is 16.0. The maximum atomic E-state index is 13.4. The number of carbonyl (C=O) groups is 4. The van der Waals surface area contributed by atoms with E-state index in [-0.39, 0.29) is 46.5 Å². The second kappa shape index (κ2) is 31.7. The number of allylic oxidation sites excluding steroid dienone is 1. The Labute approximate surface area is 637 Å². The van der Waals surface area contributed by atoms with E-state index >= 15 is 0 Å². The molecule has 109 heavy (non-hydrogen) atoms. The molecule has 0 bridgehead atoms. The number of para-hydroxylation sites is 2. The zero-order valence-electron chi connectivity index (χ0n) is 62.2. The van der Waals surface area contributed by atoms with Crippen LogP contribution in [0.2, 0.25) is 0 Å². The molecule has 14 rings (SSSR count). The van der Waals surface area contributed by atoms with Crippen LogP contribution in [0.25, 0.3) is 38.6 Å². The van der Waals surface area contributed by atoms with Crippen molar-refractivity contribution in [2.45, 2.75) is 114 Å².